The smallest absolute Gasteiger partial charge is 0.155 e. The number of nitrogens with one attached hydrogen (secondary N) is 2. The van der Waals surface area contributed by atoms with Crippen LogP contribution in [-0.4, -0.2) is 12.1 Å². The van der Waals surface area contributed by atoms with Crippen LogP contribution < -0.4 is 9.44 Å². The second-order valence-electron chi connectivity index (χ2n) is 2.70. The van der Waals surface area contributed by atoms with Gasteiger partial charge in [0.25, 0.3) is 0 Å². The fourth-order valence-corrected chi connectivity index (χ4v) is 2.21. The summed E-state index contributed by atoms with van der Waals surface area (Å²) in [6.45, 7) is 11.9. The summed E-state index contributed by atoms with van der Waals surface area (Å²) in [6, 6.07) is 0.800. The van der Waals surface area contributed by atoms with E-state index in [-0.39, 0.29) is 0 Å². The Morgan fingerprint density at radius 2 is 1.92 bits per heavy atom. The molecule has 4 heteroatoms. The van der Waals surface area contributed by atoms with Crippen molar-refractivity contribution in [2.75, 3.05) is 0 Å². The van der Waals surface area contributed by atoms with Crippen LogP contribution >= 0.6 is 22.0 Å². The average molecular weight is 206 g/mol. The third-order valence-electron chi connectivity index (χ3n) is 1.43. The molecule has 2 nitrogen and oxygen atoms in total. The third kappa shape index (κ3) is 7.03. The molecule has 70 valence electrons. The minimum atomic E-state index is 0.333. The molecule has 2 N–H and O–H groups in total. The highest BCUT2D eigenvalue weighted by molar-refractivity contribution is 8.75. The molecule has 2 atom stereocenters. The van der Waals surface area contributed by atoms with Crippen LogP contribution in [0.2, 0.25) is 0 Å². The normalized spacial score (nSPS) is 15.8. The van der Waals surface area contributed by atoms with Gasteiger partial charge in [0, 0.05) is 28.4 Å². The van der Waals surface area contributed by atoms with Gasteiger partial charge in [-0.1, -0.05) is 6.92 Å². The molecule has 2 unspecified atom stereocenters. The van der Waals surface area contributed by atoms with Gasteiger partial charge in [0.15, 0.2) is 6.04 Å². The molecule has 0 amide bonds. The fourth-order valence-electron chi connectivity index (χ4n) is 0.341. The number of hydrogen-bond donors (Lipinski definition) is 2. The monoisotopic (exact) mass is 206 g/mol. The second kappa shape index (κ2) is 7.98. The molecule has 0 radical (unpaired) electrons. The Hall–Kier alpha value is 0.360. The Labute approximate surface area is 84.3 Å². The summed E-state index contributed by atoms with van der Waals surface area (Å²) in [6.07, 6.45) is 1.97. The largest absolute Gasteiger partial charge is 0.247 e. The molecule has 0 spiro atoms. The predicted octanol–water partition coefficient (Wildman–Crippen LogP) is 2.60. The Kier molecular flexibility index (Phi) is 8.22. The highest BCUT2D eigenvalue weighted by Gasteiger charge is 2.05. The molecule has 0 saturated carbocycles. The maximum absolute atomic E-state index is 3.91. The molecule has 0 aliphatic carbocycles. The van der Waals surface area contributed by atoms with Crippen molar-refractivity contribution in [3.8, 4) is 0 Å². The summed E-state index contributed by atoms with van der Waals surface area (Å²) in [4.78, 5) is 0. The second-order valence-corrected chi connectivity index (χ2v) is 4.50. The van der Waals surface area contributed by atoms with Crippen molar-refractivity contribution < 1.29 is 0 Å². The van der Waals surface area contributed by atoms with Gasteiger partial charge in [-0.25, -0.2) is 9.44 Å². The highest BCUT2D eigenvalue weighted by Crippen LogP contribution is 2.15. The minimum Gasteiger partial charge on any atom is -0.247 e. The maximum atomic E-state index is 3.91. The van der Waals surface area contributed by atoms with Crippen molar-refractivity contribution in [3.05, 3.63) is 13.8 Å². The molecule has 0 heterocycles. The summed E-state index contributed by atoms with van der Waals surface area (Å²) in [5.74, 6) is 0. The van der Waals surface area contributed by atoms with Crippen molar-refractivity contribution >= 4 is 22.0 Å². The van der Waals surface area contributed by atoms with Gasteiger partial charge in [-0.2, -0.15) is 0 Å². The molecule has 0 saturated heterocycles. The molecule has 0 rings (SSSR count). The van der Waals surface area contributed by atoms with E-state index in [2.05, 4.69) is 37.1 Å². The summed E-state index contributed by atoms with van der Waals surface area (Å²) >= 11 is 0. The Morgan fingerprint density at radius 3 is 2.42 bits per heavy atom. The standard InChI is InChI=1S/C8H18N2S2/c1-5-7(3)9-11-12-10-8(4)6-2/h7-10H,1,4-6H2,2-3H3/q+2. The molecule has 0 aromatic carbocycles. The third-order valence-corrected chi connectivity index (χ3v) is 3.27. The van der Waals surface area contributed by atoms with E-state index in [1.54, 1.807) is 22.0 Å². The zero-order valence-electron chi connectivity index (χ0n) is 7.80. The molecule has 0 bridgehead atoms. The van der Waals surface area contributed by atoms with Crippen LogP contribution in [0.15, 0.2) is 0 Å². The molecular formula is C8H18N2S2+2. The van der Waals surface area contributed by atoms with Gasteiger partial charge < -0.3 is 0 Å². The minimum absolute atomic E-state index is 0.333. The average Bonchev–Trinajstić information content (AvgIpc) is 2.11. The lowest BCUT2D eigenvalue weighted by Crippen LogP contribution is -2.20. The van der Waals surface area contributed by atoms with Crippen LogP contribution in [0.4, 0.5) is 0 Å². The van der Waals surface area contributed by atoms with E-state index in [9.17, 15) is 0 Å². The molecule has 0 aliphatic heterocycles. The lowest BCUT2D eigenvalue weighted by Gasteiger charge is -2.07. The van der Waals surface area contributed by atoms with Crippen molar-refractivity contribution in [2.24, 2.45) is 0 Å². The molecule has 0 fully saturated rings. The summed E-state index contributed by atoms with van der Waals surface area (Å²) < 4.78 is 6.44. The van der Waals surface area contributed by atoms with Crippen molar-refractivity contribution in [1.82, 2.24) is 9.44 Å². The lowest BCUT2D eigenvalue weighted by atomic mass is 10.3. The number of rotatable bonds is 7. The molecule has 0 aliphatic rings. The number of hydrogen-bond acceptors (Lipinski definition) is 4. The SMILES string of the molecule is [CH2+]CC(C)NSSNC([CH2+])CC. The van der Waals surface area contributed by atoms with Gasteiger partial charge >= 0.3 is 0 Å². The predicted molar refractivity (Wildman–Crippen MR) is 60.3 cm³/mol. The van der Waals surface area contributed by atoms with Gasteiger partial charge in [-0.15, -0.1) is 0 Å². The van der Waals surface area contributed by atoms with Crippen LogP contribution in [0.5, 0.6) is 0 Å². The first-order valence-electron chi connectivity index (χ1n) is 4.16. The van der Waals surface area contributed by atoms with Crippen LogP contribution in [0.3, 0.4) is 0 Å². The van der Waals surface area contributed by atoms with Crippen LogP contribution in [0.25, 0.3) is 0 Å². The van der Waals surface area contributed by atoms with E-state index in [4.69, 9.17) is 0 Å². The molecule has 0 aromatic heterocycles. The quantitative estimate of drug-likeness (QED) is 0.289. The zero-order chi connectivity index (χ0) is 9.40. The van der Waals surface area contributed by atoms with Gasteiger partial charge in [0.1, 0.15) is 6.42 Å². The Bertz CT molecular complexity index is 89.1. The molecule has 0 aromatic rings. The van der Waals surface area contributed by atoms with E-state index < -0.39 is 0 Å². The van der Waals surface area contributed by atoms with E-state index in [0.717, 1.165) is 12.8 Å². The van der Waals surface area contributed by atoms with Crippen LogP contribution in [0.1, 0.15) is 26.7 Å². The van der Waals surface area contributed by atoms with Gasteiger partial charge in [0.05, 0.1) is 19.9 Å². The fraction of sp³-hybridized carbons (Fsp3) is 0.750. The first-order chi connectivity index (χ1) is 5.70. The van der Waals surface area contributed by atoms with Gasteiger partial charge in [0.2, 0.25) is 0 Å². The van der Waals surface area contributed by atoms with E-state index >= 15 is 0 Å². The van der Waals surface area contributed by atoms with E-state index in [0.29, 0.717) is 12.1 Å². The Balaban J connectivity index is 3.10. The highest BCUT2D eigenvalue weighted by atomic mass is 33.1. The maximum Gasteiger partial charge on any atom is 0.155 e. The first-order valence-corrected chi connectivity index (χ1v) is 6.31. The summed E-state index contributed by atoms with van der Waals surface area (Å²) in [7, 11) is 3.20. The zero-order valence-corrected chi connectivity index (χ0v) is 9.43. The van der Waals surface area contributed by atoms with E-state index in [1.807, 2.05) is 0 Å². The van der Waals surface area contributed by atoms with Crippen LogP contribution in [0, 0.1) is 13.8 Å². The van der Waals surface area contributed by atoms with Crippen molar-refractivity contribution in [2.45, 2.75) is 38.8 Å². The van der Waals surface area contributed by atoms with Crippen LogP contribution in [-0.2, 0) is 0 Å². The van der Waals surface area contributed by atoms with Crippen molar-refractivity contribution in [1.29, 1.82) is 0 Å². The summed E-state index contributed by atoms with van der Waals surface area (Å²) in [5, 5.41) is 0. The van der Waals surface area contributed by atoms with Gasteiger partial charge in [-0.05, 0) is 6.92 Å². The summed E-state index contributed by atoms with van der Waals surface area (Å²) in [5.41, 5.74) is 0. The molecular weight excluding hydrogens is 188 g/mol. The first kappa shape index (κ1) is 12.4. The van der Waals surface area contributed by atoms with Gasteiger partial charge in [-0.3, -0.25) is 0 Å². The van der Waals surface area contributed by atoms with Crippen molar-refractivity contribution in [3.63, 3.8) is 0 Å². The lowest BCUT2D eigenvalue weighted by molar-refractivity contribution is 0.705. The Morgan fingerprint density at radius 1 is 1.33 bits per heavy atom. The topological polar surface area (TPSA) is 24.1 Å². The molecule has 12 heavy (non-hydrogen) atoms. The van der Waals surface area contributed by atoms with E-state index in [1.165, 1.54) is 0 Å².